The van der Waals surface area contributed by atoms with E-state index >= 15 is 0 Å². The Bertz CT molecular complexity index is 1030. The van der Waals surface area contributed by atoms with Gasteiger partial charge in [0.2, 0.25) is 0 Å². The van der Waals surface area contributed by atoms with Gasteiger partial charge in [-0.25, -0.2) is 9.78 Å². The van der Waals surface area contributed by atoms with E-state index in [1.165, 1.54) is 29.5 Å². The summed E-state index contributed by atoms with van der Waals surface area (Å²) in [6.07, 6.45) is 0. The number of rotatable bonds is 7. The molecule has 28 heavy (non-hydrogen) atoms. The number of nitro groups is 1. The van der Waals surface area contributed by atoms with Crippen LogP contribution in [0.1, 0.15) is 22.2 Å². The number of anilines is 2. The summed E-state index contributed by atoms with van der Waals surface area (Å²) in [6, 6.07) is 11.1. The fourth-order valence-corrected chi connectivity index (χ4v) is 3.48. The second-order valence-electron chi connectivity index (χ2n) is 5.80. The molecular formula is C19H17N3O5S. The van der Waals surface area contributed by atoms with Crippen LogP contribution >= 0.6 is 11.3 Å². The van der Waals surface area contributed by atoms with Gasteiger partial charge in [-0.1, -0.05) is 0 Å². The molecule has 144 valence electrons. The van der Waals surface area contributed by atoms with Gasteiger partial charge in [0, 0.05) is 22.2 Å². The van der Waals surface area contributed by atoms with Gasteiger partial charge in [-0.2, -0.15) is 0 Å². The highest BCUT2D eigenvalue weighted by atomic mass is 32.1. The van der Waals surface area contributed by atoms with E-state index in [-0.39, 0.29) is 17.0 Å². The number of aromatic carboxylic acids is 1. The SMILES string of the molecule is CCOc1ccc(-c2nc(Nc3ccc(C(=O)O)cc3)sc2C)cc1[N+](=O)[O-]. The Balaban J connectivity index is 1.88. The lowest BCUT2D eigenvalue weighted by Crippen LogP contribution is -1.98. The van der Waals surface area contributed by atoms with Crippen LogP contribution in [0.2, 0.25) is 0 Å². The molecule has 0 spiro atoms. The number of thiazole rings is 1. The molecule has 2 aromatic carbocycles. The lowest BCUT2D eigenvalue weighted by molar-refractivity contribution is -0.385. The fourth-order valence-electron chi connectivity index (χ4n) is 2.62. The molecule has 2 N–H and O–H groups in total. The van der Waals surface area contributed by atoms with E-state index in [2.05, 4.69) is 10.3 Å². The largest absolute Gasteiger partial charge is 0.487 e. The minimum atomic E-state index is -0.990. The molecule has 9 heteroatoms. The zero-order valence-electron chi connectivity index (χ0n) is 15.1. The number of aromatic nitrogens is 1. The molecule has 1 aromatic heterocycles. The van der Waals surface area contributed by atoms with Gasteiger partial charge < -0.3 is 15.2 Å². The minimum Gasteiger partial charge on any atom is -0.487 e. The first-order valence-corrected chi connectivity index (χ1v) is 9.20. The van der Waals surface area contributed by atoms with Gasteiger partial charge in [0.05, 0.1) is 22.8 Å². The Kier molecular flexibility index (Phi) is 5.55. The van der Waals surface area contributed by atoms with Crippen molar-refractivity contribution in [2.24, 2.45) is 0 Å². The van der Waals surface area contributed by atoms with Gasteiger partial charge >= 0.3 is 11.7 Å². The maximum atomic E-state index is 11.3. The van der Waals surface area contributed by atoms with Crippen molar-refractivity contribution < 1.29 is 19.6 Å². The number of aryl methyl sites for hydroxylation is 1. The van der Waals surface area contributed by atoms with E-state index in [1.807, 2.05) is 6.92 Å². The number of carboxylic acid groups (broad SMARTS) is 1. The first-order valence-electron chi connectivity index (χ1n) is 8.38. The van der Waals surface area contributed by atoms with Crippen molar-refractivity contribution in [3.05, 3.63) is 63.0 Å². The molecule has 0 saturated carbocycles. The Hall–Kier alpha value is -3.46. The van der Waals surface area contributed by atoms with Crippen LogP contribution in [-0.2, 0) is 0 Å². The molecule has 0 atom stereocenters. The molecule has 0 bridgehead atoms. The summed E-state index contributed by atoms with van der Waals surface area (Å²) in [7, 11) is 0. The fraction of sp³-hybridized carbons (Fsp3) is 0.158. The average molecular weight is 399 g/mol. The standard InChI is InChI=1S/C19H17N3O5S/c1-3-27-16-9-6-13(10-15(16)22(25)26)17-11(2)28-19(21-17)20-14-7-4-12(5-8-14)18(23)24/h4-10H,3H2,1-2H3,(H,20,21)(H,23,24). The van der Waals surface area contributed by atoms with Crippen molar-refractivity contribution in [3.8, 4) is 17.0 Å². The predicted molar refractivity (Wildman–Crippen MR) is 107 cm³/mol. The number of nitrogens with one attached hydrogen (secondary N) is 1. The van der Waals surface area contributed by atoms with Crippen molar-refractivity contribution in [1.29, 1.82) is 0 Å². The van der Waals surface area contributed by atoms with E-state index in [1.54, 1.807) is 31.2 Å². The van der Waals surface area contributed by atoms with E-state index in [0.29, 0.717) is 28.7 Å². The van der Waals surface area contributed by atoms with Crippen LogP contribution in [0.15, 0.2) is 42.5 Å². The summed E-state index contributed by atoms with van der Waals surface area (Å²) >= 11 is 1.40. The van der Waals surface area contributed by atoms with Crippen LogP contribution in [0.25, 0.3) is 11.3 Å². The van der Waals surface area contributed by atoms with Gasteiger partial charge in [-0.15, -0.1) is 11.3 Å². The summed E-state index contributed by atoms with van der Waals surface area (Å²) in [4.78, 5) is 27.2. The molecule has 8 nitrogen and oxygen atoms in total. The maximum absolute atomic E-state index is 11.3. The smallest absolute Gasteiger partial charge is 0.335 e. The van der Waals surface area contributed by atoms with Crippen LogP contribution < -0.4 is 10.1 Å². The molecule has 0 aliphatic carbocycles. The third-order valence-corrected chi connectivity index (χ3v) is 4.79. The first kappa shape index (κ1) is 19.3. The normalized spacial score (nSPS) is 10.5. The Labute approximate surface area is 164 Å². The summed E-state index contributed by atoms with van der Waals surface area (Å²) < 4.78 is 5.32. The molecule has 0 amide bonds. The average Bonchev–Trinajstić information content (AvgIpc) is 3.02. The number of ether oxygens (including phenoxy) is 1. The van der Waals surface area contributed by atoms with E-state index in [4.69, 9.17) is 9.84 Å². The number of carboxylic acids is 1. The van der Waals surface area contributed by atoms with Crippen molar-refractivity contribution >= 4 is 33.8 Å². The molecular weight excluding hydrogens is 382 g/mol. The maximum Gasteiger partial charge on any atom is 0.335 e. The van der Waals surface area contributed by atoms with Crippen LogP contribution in [0.5, 0.6) is 5.75 Å². The predicted octanol–water partition coefficient (Wildman–Crippen LogP) is 4.87. The summed E-state index contributed by atoms with van der Waals surface area (Å²) in [5.74, 6) is -0.767. The molecule has 0 fully saturated rings. The molecule has 0 unspecified atom stereocenters. The molecule has 0 aliphatic rings. The monoisotopic (exact) mass is 399 g/mol. The van der Waals surface area contributed by atoms with Crippen molar-refractivity contribution in [2.75, 3.05) is 11.9 Å². The number of benzene rings is 2. The number of carbonyl (C=O) groups is 1. The van der Waals surface area contributed by atoms with Crippen LogP contribution in [0.3, 0.4) is 0 Å². The second kappa shape index (κ2) is 8.05. The number of hydrogen-bond donors (Lipinski definition) is 2. The zero-order chi connectivity index (χ0) is 20.3. The lowest BCUT2D eigenvalue weighted by atomic mass is 10.1. The first-order chi connectivity index (χ1) is 13.4. The topological polar surface area (TPSA) is 115 Å². The van der Waals surface area contributed by atoms with E-state index in [0.717, 1.165) is 4.88 Å². The quantitative estimate of drug-likeness (QED) is 0.430. The second-order valence-corrected chi connectivity index (χ2v) is 7.01. The minimum absolute atomic E-state index is 0.106. The van der Waals surface area contributed by atoms with Crippen molar-refractivity contribution in [1.82, 2.24) is 4.98 Å². The highest BCUT2D eigenvalue weighted by molar-refractivity contribution is 7.16. The third kappa shape index (κ3) is 4.09. The molecule has 0 radical (unpaired) electrons. The van der Waals surface area contributed by atoms with Crippen molar-refractivity contribution in [3.63, 3.8) is 0 Å². The molecule has 3 aromatic rings. The van der Waals surface area contributed by atoms with Gasteiger partial charge in [-0.05, 0) is 50.2 Å². The lowest BCUT2D eigenvalue weighted by Gasteiger charge is -2.06. The molecule has 0 saturated heterocycles. The Morgan fingerprint density at radius 2 is 2.00 bits per heavy atom. The molecule has 3 rings (SSSR count). The van der Waals surface area contributed by atoms with Gasteiger partial charge in [0.25, 0.3) is 0 Å². The number of hydrogen-bond acceptors (Lipinski definition) is 7. The van der Waals surface area contributed by atoms with Crippen molar-refractivity contribution in [2.45, 2.75) is 13.8 Å². The summed E-state index contributed by atoms with van der Waals surface area (Å²) in [5, 5.41) is 24.0. The van der Waals surface area contributed by atoms with Gasteiger partial charge in [0.15, 0.2) is 10.9 Å². The van der Waals surface area contributed by atoms with Gasteiger partial charge in [0.1, 0.15) is 0 Å². The zero-order valence-corrected chi connectivity index (χ0v) is 15.9. The number of nitro benzene ring substituents is 1. The van der Waals surface area contributed by atoms with E-state index < -0.39 is 10.9 Å². The Morgan fingerprint density at radius 1 is 1.29 bits per heavy atom. The summed E-state index contributed by atoms with van der Waals surface area (Å²) in [6.45, 7) is 3.99. The third-order valence-electron chi connectivity index (χ3n) is 3.91. The highest BCUT2D eigenvalue weighted by Gasteiger charge is 2.19. The molecule has 0 aliphatic heterocycles. The van der Waals surface area contributed by atoms with E-state index in [9.17, 15) is 14.9 Å². The van der Waals surface area contributed by atoms with Crippen LogP contribution in [0.4, 0.5) is 16.5 Å². The van der Waals surface area contributed by atoms with Gasteiger partial charge in [-0.3, -0.25) is 10.1 Å². The Morgan fingerprint density at radius 3 is 2.61 bits per heavy atom. The molecule has 1 heterocycles. The summed E-state index contributed by atoms with van der Waals surface area (Å²) in [5.41, 5.74) is 2.05. The number of nitrogens with zero attached hydrogens (tertiary/aromatic N) is 2. The van der Waals surface area contributed by atoms with Crippen LogP contribution in [-0.4, -0.2) is 27.6 Å². The van der Waals surface area contributed by atoms with Crippen LogP contribution in [0, 0.1) is 17.0 Å². The highest BCUT2D eigenvalue weighted by Crippen LogP contribution is 2.36.